The Balaban J connectivity index is 2.73. The van der Waals surface area contributed by atoms with E-state index in [-0.39, 0.29) is 12.1 Å². The average molecular weight is 266 g/mol. The van der Waals surface area contributed by atoms with Crippen LogP contribution in [-0.2, 0) is 0 Å². The van der Waals surface area contributed by atoms with E-state index in [9.17, 15) is 13.2 Å². The summed E-state index contributed by atoms with van der Waals surface area (Å²) in [4.78, 5) is 1.62. The molecule has 0 radical (unpaired) electrons. The lowest BCUT2D eigenvalue weighted by molar-refractivity contribution is -0.154. The molecule has 0 heterocycles. The molecule has 1 fully saturated rings. The first-order valence-corrected chi connectivity index (χ1v) is 6.85. The Hall–Kier alpha value is -0.290. The molecule has 0 aromatic heterocycles. The fourth-order valence-corrected chi connectivity index (χ4v) is 2.97. The zero-order valence-corrected chi connectivity index (χ0v) is 11.6. The summed E-state index contributed by atoms with van der Waals surface area (Å²) in [7, 11) is 1.85. The first-order valence-electron chi connectivity index (χ1n) is 6.85. The minimum absolute atomic E-state index is 0.0142. The Morgan fingerprint density at radius 3 is 2.44 bits per heavy atom. The molecule has 0 saturated heterocycles. The summed E-state index contributed by atoms with van der Waals surface area (Å²) in [6, 6.07) is 0.204. The molecule has 1 saturated carbocycles. The topological polar surface area (TPSA) is 15.3 Å². The summed E-state index contributed by atoms with van der Waals surface area (Å²) in [5.74, 6) is 0.521. The molecule has 2 nitrogen and oxygen atoms in total. The minimum Gasteiger partial charge on any atom is -0.315 e. The van der Waals surface area contributed by atoms with Crippen LogP contribution >= 0.6 is 0 Å². The first-order chi connectivity index (χ1) is 8.37. The van der Waals surface area contributed by atoms with Crippen molar-refractivity contribution in [2.75, 3.05) is 20.1 Å². The van der Waals surface area contributed by atoms with E-state index < -0.39 is 12.7 Å². The van der Waals surface area contributed by atoms with E-state index in [2.05, 4.69) is 12.2 Å². The Kier molecular flexibility index (Phi) is 5.92. The van der Waals surface area contributed by atoms with Crippen LogP contribution in [0.4, 0.5) is 13.2 Å². The zero-order valence-electron chi connectivity index (χ0n) is 11.6. The Morgan fingerprint density at radius 2 is 1.94 bits per heavy atom. The van der Waals surface area contributed by atoms with E-state index in [0.717, 1.165) is 25.7 Å². The fourth-order valence-electron chi connectivity index (χ4n) is 2.97. The SMILES string of the molecule is CCCN(CC(F)(F)F)C1CC(C)CCC1NC. The maximum Gasteiger partial charge on any atom is 0.401 e. The standard InChI is InChI=1S/C13H25F3N2/c1-4-7-18(9-13(14,15)16)12-8-10(2)5-6-11(12)17-3/h10-12,17H,4-9H2,1-3H3. The summed E-state index contributed by atoms with van der Waals surface area (Å²) in [6.07, 6.45) is -0.401. The number of hydrogen-bond acceptors (Lipinski definition) is 2. The average Bonchev–Trinajstić information content (AvgIpc) is 2.26. The van der Waals surface area contributed by atoms with Gasteiger partial charge in [0.1, 0.15) is 0 Å². The second kappa shape index (κ2) is 6.75. The van der Waals surface area contributed by atoms with Gasteiger partial charge < -0.3 is 5.32 Å². The van der Waals surface area contributed by atoms with E-state index in [1.54, 1.807) is 4.90 Å². The van der Waals surface area contributed by atoms with E-state index in [0.29, 0.717) is 12.5 Å². The molecule has 1 aliphatic rings. The summed E-state index contributed by atoms with van der Waals surface area (Å²) in [5, 5.41) is 3.19. The van der Waals surface area contributed by atoms with Gasteiger partial charge in [0.05, 0.1) is 6.54 Å². The molecule has 3 atom stereocenters. The van der Waals surface area contributed by atoms with Crippen LogP contribution in [0, 0.1) is 5.92 Å². The number of likely N-dealkylation sites (N-methyl/N-ethyl adjacent to an activating group) is 1. The smallest absolute Gasteiger partial charge is 0.315 e. The number of nitrogens with zero attached hydrogens (tertiary/aromatic N) is 1. The molecular formula is C13H25F3N2. The lowest BCUT2D eigenvalue weighted by atomic mass is 9.82. The van der Waals surface area contributed by atoms with Gasteiger partial charge in [-0.2, -0.15) is 13.2 Å². The molecule has 0 amide bonds. The lowest BCUT2D eigenvalue weighted by Gasteiger charge is -2.42. The number of alkyl halides is 3. The van der Waals surface area contributed by atoms with E-state index >= 15 is 0 Å². The van der Waals surface area contributed by atoms with E-state index in [1.807, 2.05) is 14.0 Å². The van der Waals surface area contributed by atoms with Gasteiger partial charge in [-0.15, -0.1) is 0 Å². The van der Waals surface area contributed by atoms with Crippen LogP contribution in [0.25, 0.3) is 0 Å². The van der Waals surface area contributed by atoms with Crippen molar-refractivity contribution in [1.82, 2.24) is 10.2 Å². The van der Waals surface area contributed by atoms with Crippen molar-refractivity contribution in [3.63, 3.8) is 0 Å². The van der Waals surface area contributed by atoms with Crippen LogP contribution in [0.3, 0.4) is 0 Å². The Morgan fingerprint density at radius 1 is 1.28 bits per heavy atom. The Labute approximate surface area is 108 Å². The molecule has 1 rings (SSSR count). The normalized spacial score (nSPS) is 29.8. The van der Waals surface area contributed by atoms with Gasteiger partial charge in [0, 0.05) is 12.1 Å². The van der Waals surface area contributed by atoms with Gasteiger partial charge in [0.15, 0.2) is 0 Å². The molecule has 108 valence electrons. The quantitative estimate of drug-likeness (QED) is 0.823. The monoisotopic (exact) mass is 266 g/mol. The van der Waals surface area contributed by atoms with Gasteiger partial charge in [-0.25, -0.2) is 0 Å². The molecule has 18 heavy (non-hydrogen) atoms. The van der Waals surface area contributed by atoms with Crippen molar-refractivity contribution >= 4 is 0 Å². The predicted octanol–water partition coefficient (Wildman–Crippen LogP) is 3.04. The van der Waals surface area contributed by atoms with Crippen molar-refractivity contribution in [1.29, 1.82) is 0 Å². The van der Waals surface area contributed by atoms with Crippen molar-refractivity contribution in [3.05, 3.63) is 0 Å². The van der Waals surface area contributed by atoms with Gasteiger partial charge in [-0.1, -0.05) is 13.8 Å². The van der Waals surface area contributed by atoms with Crippen molar-refractivity contribution < 1.29 is 13.2 Å². The third-order valence-electron chi connectivity index (χ3n) is 3.81. The van der Waals surface area contributed by atoms with E-state index in [4.69, 9.17) is 0 Å². The molecule has 0 bridgehead atoms. The molecule has 0 aromatic carbocycles. The molecule has 3 unspecified atom stereocenters. The molecule has 5 heteroatoms. The molecule has 0 spiro atoms. The molecule has 0 aliphatic heterocycles. The van der Waals surface area contributed by atoms with Crippen LogP contribution in [0.1, 0.15) is 39.5 Å². The van der Waals surface area contributed by atoms with Gasteiger partial charge in [-0.05, 0) is 45.2 Å². The number of hydrogen-bond donors (Lipinski definition) is 1. The van der Waals surface area contributed by atoms with Crippen molar-refractivity contribution in [2.24, 2.45) is 5.92 Å². The molecule has 0 aromatic rings. The summed E-state index contributed by atoms with van der Waals surface area (Å²) in [6.45, 7) is 3.81. The highest BCUT2D eigenvalue weighted by molar-refractivity contribution is 4.90. The lowest BCUT2D eigenvalue weighted by Crippen LogP contribution is -2.54. The van der Waals surface area contributed by atoms with Gasteiger partial charge in [0.25, 0.3) is 0 Å². The maximum absolute atomic E-state index is 12.7. The molecule has 1 N–H and O–H groups in total. The predicted molar refractivity (Wildman–Crippen MR) is 67.6 cm³/mol. The highest BCUT2D eigenvalue weighted by Crippen LogP contribution is 2.30. The highest BCUT2D eigenvalue weighted by atomic mass is 19.4. The van der Waals surface area contributed by atoms with Crippen LogP contribution in [0.15, 0.2) is 0 Å². The van der Waals surface area contributed by atoms with Gasteiger partial charge in [0.2, 0.25) is 0 Å². The summed E-state index contributed by atoms with van der Waals surface area (Å²) in [5.41, 5.74) is 0. The third-order valence-corrected chi connectivity index (χ3v) is 3.81. The largest absolute Gasteiger partial charge is 0.401 e. The number of rotatable bonds is 5. The van der Waals surface area contributed by atoms with Crippen LogP contribution in [0.2, 0.25) is 0 Å². The number of halogens is 3. The van der Waals surface area contributed by atoms with Crippen LogP contribution in [0.5, 0.6) is 0 Å². The first kappa shape index (κ1) is 15.8. The molecular weight excluding hydrogens is 241 g/mol. The van der Waals surface area contributed by atoms with Crippen LogP contribution in [-0.4, -0.2) is 43.3 Å². The highest BCUT2D eigenvalue weighted by Gasteiger charge is 2.38. The zero-order chi connectivity index (χ0) is 13.8. The fraction of sp³-hybridized carbons (Fsp3) is 1.00. The maximum atomic E-state index is 12.7. The molecule has 1 aliphatic carbocycles. The minimum atomic E-state index is -4.10. The third kappa shape index (κ3) is 4.76. The van der Waals surface area contributed by atoms with Gasteiger partial charge >= 0.3 is 6.18 Å². The van der Waals surface area contributed by atoms with Gasteiger partial charge in [-0.3, -0.25) is 4.90 Å². The second-order valence-corrected chi connectivity index (χ2v) is 5.47. The number of nitrogens with one attached hydrogen (secondary N) is 1. The van der Waals surface area contributed by atoms with E-state index in [1.165, 1.54) is 0 Å². The Bertz CT molecular complexity index is 243. The second-order valence-electron chi connectivity index (χ2n) is 5.47. The summed E-state index contributed by atoms with van der Waals surface area (Å²) < 4.78 is 38.0. The summed E-state index contributed by atoms with van der Waals surface area (Å²) >= 11 is 0. The van der Waals surface area contributed by atoms with Crippen molar-refractivity contribution in [2.45, 2.75) is 57.8 Å². The van der Waals surface area contributed by atoms with Crippen LogP contribution < -0.4 is 5.32 Å². The van der Waals surface area contributed by atoms with Crippen molar-refractivity contribution in [3.8, 4) is 0 Å².